The first-order valence-corrected chi connectivity index (χ1v) is 7.26. The number of amides is 1. The van der Waals surface area contributed by atoms with Gasteiger partial charge in [-0.15, -0.1) is 13.2 Å². The third-order valence-corrected chi connectivity index (χ3v) is 3.71. The number of benzene rings is 1. The zero-order valence-electron chi connectivity index (χ0n) is 12.7. The second-order valence-corrected chi connectivity index (χ2v) is 5.40. The molecule has 2 N–H and O–H groups in total. The van der Waals surface area contributed by atoms with Crippen LogP contribution in [0.2, 0.25) is 0 Å². The first-order valence-electron chi connectivity index (χ1n) is 7.26. The van der Waals surface area contributed by atoms with E-state index in [0.29, 0.717) is 31.7 Å². The highest BCUT2D eigenvalue weighted by atomic mass is 19.4. The lowest BCUT2D eigenvalue weighted by Crippen LogP contribution is -2.56. The van der Waals surface area contributed by atoms with E-state index in [4.69, 9.17) is 10.5 Å². The predicted octanol–water partition coefficient (Wildman–Crippen LogP) is 1.70. The van der Waals surface area contributed by atoms with Crippen molar-refractivity contribution in [2.75, 3.05) is 19.7 Å². The highest BCUT2D eigenvalue weighted by Gasteiger charge is 2.33. The van der Waals surface area contributed by atoms with E-state index < -0.39 is 18.3 Å². The normalized spacial score (nSPS) is 22.8. The Labute approximate surface area is 132 Å². The minimum Gasteiger partial charge on any atom is -0.406 e. The Balaban J connectivity index is 1.99. The first kappa shape index (κ1) is 17.6. The van der Waals surface area contributed by atoms with Crippen LogP contribution in [0, 0.1) is 0 Å². The van der Waals surface area contributed by atoms with E-state index in [-0.39, 0.29) is 11.9 Å². The van der Waals surface area contributed by atoms with Gasteiger partial charge in [-0.1, -0.05) is 12.1 Å². The molecule has 1 saturated heterocycles. The van der Waals surface area contributed by atoms with Crippen molar-refractivity contribution in [2.45, 2.75) is 31.9 Å². The molecule has 0 saturated carbocycles. The maximum Gasteiger partial charge on any atom is 0.573 e. The maximum absolute atomic E-state index is 12.2. The quantitative estimate of drug-likeness (QED) is 0.891. The second-order valence-electron chi connectivity index (χ2n) is 5.40. The van der Waals surface area contributed by atoms with Gasteiger partial charge in [0.1, 0.15) is 11.8 Å². The molecule has 1 amide bonds. The molecular formula is C15H19F3N2O3. The number of primary amides is 1. The van der Waals surface area contributed by atoms with E-state index in [0.717, 1.165) is 0 Å². The van der Waals surface area contributed by atoms with Gasteiger partial charge in [0.25, 0.3) is 0 Å². The largest absolute Gasteiger partial charge is 0.573 e. The molecule has 1 aliphatic rings. The van der Waals surface area contributed by atoms with Crippen molar-refractivity contribution in [3.8, 4) is 5.75 Å². The molecule has 1 aliphatic heterocycles. The third-order valence-electron chi connectivity index (χ3n) is 3.71. The van der Waals surface area contributed by atoms with Crippen LogP contribution in [0.4, 0.5) is 13.2 Å². The number of rotatable bonds is 5. The summed E-state index contributed by atoms with van der Waals surface area (Å²) in [6.07, 6.45) is -4.54. The molecule has 0 radical (unpaired) electrons. The van der Waals surface area contributed by atoms with Crippen LogP contribution in [0.5, 0.6) is 5.75 Å². The average Bonchev–Trinajstić information content (AvgIpc) is 2.43. The standard InChI is InChI=1S/C15H19F3N2O3/c1-10-13(14(19)21)20(7-8-22-10)6-5-11-3-2-4-12(9-11)23-15(16,17)18/h2-4,9-10,13H,5-8H2,1H3,(H2,19,21)/t10-,13+/m1/s1. The predicted molar refractivity (Wildman–Crippen MR) is 76.8 cm³/mol. The number of hydrogen-bond donors (Lipinski definition) is 1. The van der Waals surface area contributed by atoms with Crippen molar-refractivity contribution >= 4 is 5.91 Å². The highest BCUT2D eigenvalue weighted by molar-refractivity contribution is 5.80. The topological polar surface area (TPSA) is 64.8 Å². The van der Waals surface area contributed by atoms with Gasteiger partial charge in [-0.3, -0.25) is 9.69 Å². The van der Waals surface area contributed by atoms with Gasteiger partial charge in [0, 0.05) is 13.1 Å². The summed E-state index contributed by atoms with van der Waals surface area (Å²) >= 11 is 0. The molecule has 0 aliphatic carbocycles. The molecule has 1 aromatic rings. The summed E-state index contributed by atoms with van der Waals surface area (Å²) in [6, 6.07) is 5.28. The Morgan fingerprint density at radius 1 is 1.48 bits per heavy atom. The van der Waals surface area contributed by atoms with Gasteiger partial charge in [0.05, 0.1) is 12.7 Å². The zero-order valence-corrected chi connectivity index (χ0v) is 12.7. The van der Waals surface area contributed by atoms with E-state index in [9.17, 15) is 18.0 Å². The Bertz CT molecular complexity index is 551. The van der Waals surface area contributed by atoms with Crippen LogP contribution in [0.25, 0.3) is 0 Å². The van der Waals surface area contributed by atoms with E-state index in [1.54, 1.807) is 13.0 Å². The van der Waals surface area contributed by atoms with Crippen LogP contribution in [0.3, 0.4) is 0 Å². The summed E-state index contributed by atoms with van der Waals surface area (Å²) in [5, 5.41) is 0. The van der Waals surface area contributed by atoms with Gasteiger partial charge in [-0.2, -0.15) is 0 Å². The van der Waals surface area contributed by atoms with Gasteiger partial charge in [0.15, 0.2) is 0 Å². The summed E-state index contributed by atoms with van der Waals surface area (Å²) in [5.74, 6) is -0.719. The molecule has 5 nitrogen and oxygen atoms in total. The molecule has 0 unspecified atom stereocenters. The molecule has 23 heavy (non-hydrogen) atoms. The van der Waals surface area contributed by atoms with Crippen molar-refractivity contribution in [3.63, 3.8) is 0 Å². The summed E-state index contributed by atoms with van der Waals surface area (Å²) < 4.78 is 46.0. The number of alkyl halides is 3. The van der Waals surface area contributed by atoms with Crippen molar-refractivity contribution in [1.29, 1.82) is 0 Å². The third kappa shape index (κ3) is 5.11. The van der Waals surface area contributed by atoms with Gasteiger partial charge in [-0.05, 0) is 31.0 Å². The number of hydrogen-bond acceptors (Lipinski definition) is 4. The molecule has 1 fully saturated rings. The summed E-state index contributed by atoms with van der Waals surface area (Å²) in [5.41, 5.74) is 6.09. The minimum atomic E-state index is -4.71. The molecule has 2 atom stereocenters. The van der Waals surface area contributed by atoms with Crippen LogP contribution in [-0.2, 0) is 16.0 Å². The van der Waals surface area contributed by atoms with Crippen molar-refractivity contribution < 1.29 is 27.4 Å². The van der Waals surface area contributed by atoms with E-state index in [1.807, 2.05) is 4.90 Å². The summed E-state index contributed by atoms with van der Waals surface area (Å²) in [7, 11) is 0. The zero-order chi connectivity index (χ0) is 17.0. The van der Waals surface area contributed by atoms with E-state index >= 15 is 0 Å². The Morgan fingerprint density at radius 2 is 2.22 bits per heavy atom. The number of carbonyl (C=O) groups is 1. The number of nitrogens with zero attached hydrogens (tertiary/aromatic N) is 1. The van der Waals surface area contributed by atoms with E-state index in [1.165, 1.54) is 18.2 Å². The number of nitrogens with two attached hydrogens (primary N) is 1. The molecule has 0 aromatic heterocycles. The van der Waals surface area contributed by atoms with Crippen molar-refractivity contribution in [1.82, 2.24) is 4.90 Å². The van der Waals surface area contributed by atoms with Gasteiger partial charge in [-0.25, -0.2) is 0 Å². The molecular weight excluding hydrogens is 313 g/mol. The number of ether oxygens (including phenoxy) is 2. The van der Waals surface area contributed by atoms with E-state index in [2.05, 4.69) is 4.74 Å². The Morgan fingerprint density at radius 3 is 2.87 bits per heavy atom. The van der Waals surface area contributed by atoms with Crippen LogP contribution in [0.15, 0.2) is 24.3 Å². The monoisotopic (exact) mass is 332 g/mol. The SMILES string of the molecule is C[C@H]1OCCN(CCc2cccc(OC(F)(F)F)c2)[C@@H]1C(N)=O. The Hall–Kier alpha value is -1.80. The van der Waals surface area contributed by atoms with Crippen LogP contribution in [-0.4, -0.2) is 49.0 Å². The first-order chi connectivity index (χ1) is 10.8. The second kappa shape index (κ2) is 7.18. The van der Waals surface area contributed by atoms with Crippen molar-refractivity contribution in [2.24, 2.45) is 5.73 Å². The highest BCUT2D eigenvalue weighted by Crippen LogP contribution is 2.24. The minimum absolute atomic E-state index is 0.253. The molecule has 128 valence electrons. The lowest BCUT2D eigenvalue weighted by molar-refractivity contribution is -0.274. The molecule has 1 heterocycles. The Kier molecular flexibility index (Phi) is 5.48. The summed E-state index contributed by atoms with van der Waals surface area (Å²) in [4.78, 5) is 13.4. The lowest BCUT2D eigenvalue weighted by Gasteiger charge is -2.37. The van der Waals surface area contributed by atoms with Crippen molar-refractivity contribution in [3.05, 3.63) is 29.8 Å². The fraction of sp³-hybridized carbons (Fsp3) is 0.533. The van der Waals surface area contributed by atoms with Gasteiger partial charge in [0.2, 0.25) is 5.91 Å². The fourth-order valence-electron chi connectivity index (χ4n) is 2.72. The van der Waals surface area contributed by atoms with Crippen LogP contribution in [0.1, 0.15) is 12.5 Å². The average molecular weight is 332 g/mol. The molecule has 1 aromatic carbocycles. The smallest absolute Gasteiger partial charge is 0.406 e. The molecule has 0 bridgehead atoms. The molecule has 2 rings (SSSR count). The van der Waals surface area contributed by atoms with Gasteiger partial charge >= 0.3 is 6.36 Å². The molecule has 0 spiro atoms. The summed E-state index contributed by atoms with van der Waals surface area (Å²) in [6.45, 7) is 3.31. The van der Waals surface area contributed by atoms with Crippen LogP contribution >= 0.6 is 0 Å². The van der Waals surface area contributed by atoms with Crippen LogP contribution < -0.4 is 10.5 Å². The number of halogens is 3. The lowest BCUT2D eigenvalue weighted by atomic mass is 10.1. The number of morpholine rings is 1. The maximum atomic E-state index is 12.2. The number of carbonyl (C=O) groups excluding carboxylic acids is 1. The van der Waals surface area contributed by atoms with Gasteiger partial charge < -0.3 is 15.2 Å². The molecule has 8 heteroatoms. The fourth-order valence-corrected chi connectivity index (χ4v) is 2.72.